The van der Waals surface area contributed by atoms with Crippen LogP contribution >= 0.6 is 0 Å². The second-order valence-corrected chi connectivity index (χ2v) is 10.9. The Hall–Kier alpha value is -3.14. The number of nitrogens with one attached hydrogen (secondary N) is 1. The molecule has 0 saturated carbocycles. The number of rotatable bonds is 17. The summed E-state index contributed by atoms with van der Waals surface area (Å²) in [6.07, 6.45) is 3.28. The Bertz CT molecular complexity index is 987. The first-order chi connectivity index (χ1) is 18.8. The minimum atomic E-state index is -0.780. The zero-order valence-corrected chi connectivity index (χ0v) is 25.3. The molecule has 0 aliphatic carbocycles. The van der Waals surface area contributed by atoms with Gasteiger partial charge in [-0.3, -0.25) is 14.4 Å². The number of methoxy groups -OCH3 is 1. The van der Waals surface area contributed by atoms with Crippen LogP contribution in [0.1, 0.15) is 86.1 Å². The molecular formula is C30H47NO9. The molecule has 10 nitrogen and oxygen atoms in total. The number of esters is 3. The molecule has 0 heterocycles. The molecule has 1 aromatic carbocycles. The average Bonchev–Trinajstić information content (AvgIpc) is 2.93. The van der Waals surface area contributed by atoms with Crippen molar-refractivity contribution in [3.8, 4) is 11.5 Å². The highest BCUT2D eigenvalue weighted by Crippen LogP contribution is 2.34. The van der Waals surface area contributed by atoms with Gasteiger partial charge in [0.15, 0.2) is 11.5 Å². The van der Waals surface area contributed by atoms with Gasteiger partial charge < -0.3 is 29.0 Å². The van der Waals surface area contributed by atoms with Gasteiger partial charge in [0.05, 0.1) is 24.5 Å². The van der Waals surface area contributed by atoms with Crippen LogP contribution in [-0.2, 0) is 35.0 Å². The molecule has 1 aromatic rings. The molecule has 0 saturated heterocycles. The fourth-order valence-corrected chi connectivity index (χ4v) is 3.14. The maximum absolute atomic E-state index is 12.9. The molecule has 1 N–H and O–H groups in total. The summed E-state index contributed by atoms with van der Waals surface area (Å²) in [7, 11) is 1.28. The minimum absolute atomic E-state index is 0.00281. The Kier molecular flexibility index (Phi) is 14.7. The van der Waals surface area contributed by atoms with Gasteiger partial charge in [0.25, 0.3) is 0 Å². The molecule has 0 amide bonds. The van der Waals surface area contributed by atoms with Crippen molar-refractivity contribution < 1.29 is 42.9 Å². The summed E-state index contributed by atoms with van der Waals surface area (Å²) in [6, 6.07) is 4.03. The van der Waals surface area contributed by atoms with Crippen molar-refractivity contribution in [2.45, 2.75) is 93.0 Å². The smallest absolute Gasteiger partial charge is 0.468 e. The summed E-state index contributed by atoms with van der Waals surface area (Å²) in [4.78, 5) is 49.8. The normalized spacial score (nSPS) is 12.3. The molecule has 0 unspecified atom stereocenters. The highest BCUT2D eigenvalue weighted by atomic mass is 16.7. The van der Waals surface area contributed by atoms with Gasteiger partial charge in [-0.2, -0.15) is 0 Å². The third-order valence-corrected chi connectivity index (χ3v) is 6.89. The van der Waals surface area contributed by atoms with Crippen LogP contribution in [0.5, 0.6) is 11.5 Å². The molecule has 1 rings (SSSR count). The van der Waals surface area contributed by atoms with Crippen molar-refractivity contribution in [3.05, 3.63) is 23.8 Å². The van der Waals surface area contributed by atoms with E-state index >= 15 is 0 Å². The molecule has 0 aliphatic heterocycles. The Morgan fingerprint density at radius 1 is 0.825 bits per heavy atom. The average molecular weight is 566 g/mol. The van der Waals surface area contributed by atoms with Crippen LogP contribution in [-0.4, -0.2) is 57.0 Å². The standard InChI is InChI=1S/C30H47NO9/c1-9-12-13-17-37-28(35)38-18-16-31-22(25(32)36-8)19-21-14-15-23(39-26(33)29(4,5)10-2)24(20-21)40-27(34)30(6,7)11-3/h14-15,20,22,31H,9-13,16-19H2,1-8H3/t22-/m0/s1. The lowest BCUT2D eigenvalue weighted by molar-refractivity contribution is -0.147. The largest absolute Gasteiger partial charge is 0.508 e. The minimum Gasteiger partial charge on any atom is -0.468 e. The molecule has 0 radical (unpaired) electrons. The zero-order chi connectivity index (χ0) is 30.3. The number of carbonyl (C=O) groups is 4. The molecule has 40 heavy (non-hydrogen) atoms. The van der Waals surface area contributed by atoms with Crippen LogP contribution in [0.2, 0.25) is 0 Å². The summed E-state index contributed by atoms with van der Waals surface area (Å²) in [5.74, 6) is -1.24. The molecule has 10 heteroatoms. The predicted octanol–water partition coefficient (Wildman–Crippen LogP) is 5.39. The topological polar surface area (TPSA) is 126 Å². The van der Waals surface area contributed by atoms with Crippen molar-refractivity contribution >= 4 is 24.1 Å². The van der Waals surface area contributed by atoms with E-state index in [9.17, 15) is 19.2 Å². The van der Waals surface area contributed by atoms with E-state index in [0.29, 0.717) is 25.0 Å². The number of unbranched alkanes of at least 4 members (excludes halogenated alkanes) is 2. The van der Waals surface area contributed by atoms with Crippen LogP contribution in [0.3, 0.4) is 0 Å². The van der Waals surface area contributed by atoms with Gasteiger partial charge in [-0.1, -0.05) is 39.7 Å². The van der Waals surface area contributed by atoms with Crippen LogP contribution in [0, 0.1) is 10.8 Å². The Labute approximate surface area is 238 Å². The number of benzene rings is 1. The second-order valence-electron chi connectivity index (χ2n) is 10.9. The quantitative estimate of drug-likeness (QED) is 0.149. The maximum atomic E-state index is 12.9. The third-order valence-electron chi connectivity index (χ3n) is 6.89. The van der Waals surface area contributed by atoms with Crippen molar-refractivity contribution in [1.29, 1.82) is 0 Å². The van der Waals surface area contributed by atoms with Crippen molar-refractivity contribution in [2.24, 2.45) is 10.8 Å². The summed E-state index contributed by atoms with van der Waals surface area (Å²) in [5.41, 5.74) is -0.856. The van der Waals surface area contributed by atoms with E-state index in [0.717, 1.165) is 19.3 Å². The van der Waals surface area contributed by atoms with Gasteiger partial charge in [0.2, 0.25) is 0 Å². The summed E-state index contributed by atoms with van der Waals surface area (Å²) < 4.78 is 26.3. The second kappa shape index (κ2) is 16.8. The van der Waals surface area contributed by atoms with Gasteiger partial charge in [-0.05, 0) is 71.1 Å². The number of hydrogen-bond acceptors (Lipinski definition) is 10. The van der Waals surface area contributed by atoms with Gasteiger partial charge in [-0.15, -0.1) is 0 Å². The van der Waals surface area contributed by atoms with Gasteiger partial charge in [0.1, 0.15) is 12.6 Å². The number of hydrogen-bond donors (Lipinski definition) is 1. The Balaban J connectivity index is 3.03. The molecule has 0 aliphatic rings. The molecule has 0 fully saturated rings. The van der Waals surface area contributed by atoms with E-state index in [1.165, 1.54) is 7.11 Å². The van der Waals surface area contributed by atoms with Gasteiger partial charge in [-0.25, -0.2) is 4.79 Å². The van der Waals surface area contributed by atoms with Crippen LogP contribution in [0.25, 0.3) is 0 Å². The van der Waals surface area contributed by atoms with E-state index in [4.69, 9.17) is 23.7 Å². The SMILES string of the molecule is CCCCCOC(=O)OCCN[C@@H](Cc1ccc(OC(=O)C(C)(C)CC)c(OC(=O)C(C)(C)CC)c1)C(=O)OC. The number of ether oxygens (including phenoxy) is 5. The number of carbonyl (C=O) groups excluding carboxylic acids is 4. The van der Waals surface area contributed by atoms with E-state index in [1.807, 2.05) is 13.8 Å². The van der Waals surface area contributed by atoms with E-state index in [2.05, 4.69) is 12.2 Å². The molecule has 0 bridgehead atoms. The summed E-state index contributed by atoms with van der Waals surface area (Å²) >= 11 is 0. The lowest BCUT2D eigenvalue weighted by atomic mass is 9.90. The van der Waals surface area contributed by atoms with Crippen molar-refractivity contribution in [3.63, 3.8) is 0 Å². The first kappa shape index (κ1) is 34.9. The highest BCUT2D eigenvalue weighted by molar-refractivity contribution is 5.81. The lowest BCUT2D eigenvalue weighted by Gasteiger charge is -2.24. The fraction of sp³-hybridized carbons (Fsp3) is 0.667. The molecule has 226 valence electrons. The molecule has 0 aromatic heterocycles. The van der Waals surface area contributed by atoms with Crippen LogP contribution in [0.4, 0.5) is 4.79 Å². The van der Waals surface area contributed by atoms with Crippen molar-refractivity contribution in [1.82, 2.24) is 5.32 Å². The van der Waals surface area contributed by atoms with Crippen LogP contribution in [0.15, 0.2) is 18.2 Å². The van der Waals surface area contributed by atoms with Gasteiger partial charge >= 0.3 is 24.1 Å². The lowest BCUT2D eigenvalue weighted by Crippen LogP contribution is -2.41. The Morgan fingerprint density at radius 2 is 1.40 bits per heavy atom. The first-order valence-corrected chi connectivity index (χ1v) is 14.0. The highest BCUT2D eigenvalue weighted by Gasteiger charge is 2.31. The molecule has 1 atom stereocenters. The van der Waals surface area contributed by atoms with E-state index in [-0.39, 0.29) is 31.1 Å². The van der Waals surface area contributed by atoms with E-state index < -0.39 is 40.9 Å². The molecular weight excluding hydrogens is 518 g/mol. The fourth-order valence-electron chi connectivity index (χ4n) is 3.14. The predicted molar refractivity (Wildman–Crippen MR) is 150 cm³/mol. The summed E-state index contributed by atoms with van der Waals surface area (Å²) in [5, 5.41) is 3.02. The van der Waals surface area contributed by atoms with Crippen LogP contribution < -0.4 is 14.8 Å². The van der Waals surface area contributed by atoms with E-state index in [1.54, 1.807) is 45.9 Å². The third kappa shape index (κ3) is 11.5. The zero-order valence-electron chi connectivity index (χ0n) is 25.3. The Morgan fingerprint density at radius 3 is 1.95 bits per heavy atom. The maximum Gasteiger partial charge on any atom is 0.508 e. The first-order valence-electron chi connectivity index (χ1n) is 14.0. The van der Waals surface area contributed by atoms with Gasteiger partial charge in [0, 0.05) is 6.54 Å². The molecule has 0 spiro atoms. The van der Waals surface area contributed by atoms with Crippen molar-refractivity contribution in [2.75, 3.05) is 26.9 Å². The summed E-state index contributed by atoms with van der Waals surface area (Å²) in [6.45, 7) is 13.4. The monoisotopic (exact) mass is 565 g/mol.